The van der Waals surface area contributed by atoms with Gasteiger partial charge in [-0.25, -0.2) is 8.42 Å². The van der Waals surface area contributed by atoms with Crippen molar-refractivity contribution in [3.05, 3.63) is 35.9 Å². The van der Waals surface area contributed by atoms with E-state index in [4.69, 9.17) is 4.74 Å². The molecule has 8 heteroatoms. The van der Waals surface area contributed by atoms with Gasteiger partial charge in [-0.15, -0.1) is 0 Å². The summed E-state index contributed by atoms with van der Waals surface area (Å²) < 4.78 is 29.5. The van der Waals surface area contributed by atoms with Crippen LogP contribution in [-0.4, -0.2) is 76.7 Å². The highest BCUT2D eigenvalue weighted by atomic mass is 32.2. The van der Waals surface area contributed by atoms with E-state index in [1.807, 2.05) is 6.07 Å². The second kappa shape index (κ2) is 10.9. The van der Waals surface area contributed by atoms with Crippen molar-refractivity contribution >= 4 is 15.8 Å². The minimum absolute atomic E-state index is 0.205. The van der Waals surface area contributed by atoms with Crippen LogP contribution in [0.2, 0.25) is 0 Å². The molecule has 0 saturated carbocycles. The largest absolute Gasteiger partial charge is 0.381 e. The summed E-state index contributed by atoms with van der Waals surface area (Å²) >= 11 is 0. The van der Waals surface area contributed by atoms with Crippen LogP contribution in [0.4, 0.5) is 0 Å². The molecule has 1 aliphatic rings. The van der Waals surface area contributed by atoms with Crippen LogP contribution >= 0.6 is 0 Å². The van der Waals surface area contributed by atoms with E-state index in [0.29, 0.717) is 45.1 Å². The molecule has 29 heavy (non-hydrogen) atoms. The fourth-order valence-electron chi connectivity index (χ4n) is 3.88. The number of nitrogens with zero attached hydrogens (tertiary/aromatic N) is 2. The summed E-state index contributed by atoms with van der Waals surface area (Å²) in [4.78, 5) is 6.71. The van der Waals surface area contributed by atoms with Crippen LogP contribution in [0.5, 0.6) is 0 Å². The van der Waals surface area contributed by atoms with Gasteiger partial charge >= 0.3 is 0 Å². The van der Waals surface area contributed by atoms with Crippen molar-refractivity contribution in [1.29, 1.82) is 0 Å². The lowest BCUT2D eigenvalue weighted by molar-refractivity contribution is 0.0756. The molecule has 0 aromatic heterocycles. The first kappa shape index (κ1) is 23.6. The van der Waals surface area contributed by atoms with E-state index in [1.165, 1.54) is 11.8 Å². The Bertz CT molecular complexity index is 742. The maximum atomic E-state index is 12.5. The molecule has 0 spiro atoms. The van der Waals surface area contributed by atoms with E-state index in [1.54, 1.807) is 7.05 Å². The van der Waals surface area contributed by atoms with Gasteiger partial charge in [0.2, 0.25) is 0 Å². The third-order valence-corrected chi connectivity index (χ3v) is 8.02. The Morgan fingerprint density at radius 2 is 1.79 bits per heavy atom. The van der Waals surface area contributed by atoms with Gasteiger partial charge in [-0.2, -0.15) is 0 Å². The molecule has 164 valence electrons. The molecule has 1 heterocycles. The monoisotopic (exact) mass is 424 g/mol. The van der Waals surface area contributed by atoms with Crippen molar-refractivity contribution in [2.75, 3.05) is 52.7 Å². The molecule has 1 unspecified atom stereocenters. The Morgan fingerprint density at radius 3 is 2.31 bits per heavy atom. The van der Waals surface area contributed by atoms with Crippen LogP contribution < -0.4 is 10.6 Å². The summed E-state index contributed by atoms with van der Waals surface area (Å²) in [6.07, 6.45) is 2.33. The highest BCUT2D eigenvalue weighted by Crippen LogP contribution is 2.28. The highest BCUT2D eigenvalue weighted by molar-refractivity contribution is 7.92. The summed E-state index contributed by atoms with van der Waals surface area (Å²) in [6.45, 7) is 8.16. The smallest absolute Gasteiger partial charge is 0.191 e. The molecule has 1 atom stereocenters. The van der Waals surface area contributed by atoms with Gasteiger partial charge in [-0.3, -0.25) is 9.89 Å². The van der Waals surface area contributed by atoms with Gasteiger partial charge < -0.3 is 15.4 Å². The maximum absolute atomic E-state index is 12.5. The van der Waals surface area contributed by atoms with Crippen LogP contribution in [-0.2, 0) is 14.6 Å². The lowest BCUT2D eigenvalue weighted by Gasteiger charge is -2.36. The summed E-state index contributed by atoms with van der Waals surface area (Å²) in [5.41, 5.74) is 1.25. The number of rotatable bonds is 9. The van der Waals surface area contributed by atoms with Crippen molar-refractivity contribution in [3.63, 3.8) is 0 Å². The first-order valence-corrected chi connectivity index (χ1v) is 12.3. The molecule has 2 rings (SSSR count). The van der Waals surface area contributed by atoms with E-state index in [9.17, 15) is 8.42 Å². The van der Waals surface area contributed by atoms with Crippen LogP contribution in [0.25, 0.3) is 0 Å². The predicted octanol–water partition coefficient (Wildman–Crippen LogP) is 1.83. The van der Waals surface area contributed by atoms with E-state index >= 15 is 0 Å². The van der Waals surface area contributed by atoms with Gasteiger partial charge in [-0.1, -0.05) is 44.2 Å². The molecule has 1 aliphatic heterocycles. The molecule has 0 bridgehead atoms. The Labute approximate surface area is 175 Å². The number of ether oxygens (including phenoxy) is 1. The molecule has 0 amide bonds. The van der Waals surface area contributed by atoms with Crippen molar-refractivity contribution < 1.29 is 13.2 Å². The molecule has 1 fully saturated rings. The Kier molecular flexibility index (Phi) is 8.92. The van der Waals surface area contributed by atoms with Crippen LogP contribution in [0.3, 0.4) is 0 Å². The topological polar surface area (TPSA) is 83.0 Å². The number of guanidine groups is 1. The molecule has 1 aromatic rings. The summed E-state index contributed by atoms with van der Waals surface area (Å²) in [6, 6.07) is 10.6. The second-order valence-corrected chi connectivity index (χ2v) is 9.93. The van der Waals surface area contributed by atoms with Gasteiger partial charge in [0, 0.05) is 39.6 Å². The number of benzene rings is 1. The standard InChI is InChI=1S/C21H36N4O3S/c1-5-25(6-2)19(18-10-8-7-9-11-18)16-23-20(22-3)24-17-21(29(4,26)27)12-14-28-15-13-21/h7-11,19H,5-6,12-17H2,1-4H3,(H2,22,23,24). The van der Waals surface area contributed by atoms with Gasteiger partial charge in [0.25, 0.3) is 0 Å². The number of hydrogen-bond donors (Lipinski definition) is 2. The van der Waals surface area contributed by atoms with Crippen molar-refractivity contribution in [3.8, 4) is 0 Å². The fraction of sp³-hybridized carbons (Fsp3) is 0.667. The Morgan fingerprint density at radius 1 is 1.17 bits per heavy atom. The zero-order valence-corrected chi connectivity index (χ0v) is 19.0. The number of hydrogen-bond acceptors (Lipinski definition) is 5. The maximum Gasteiger partial charge on any atom is 0.191 e. The van der Waals surface area contributed by atoms with E-state index < -0.39 is 14.6 Å². The molecule has 7 nitrogen and oxygen atoms in total. The van der Waals surface area contributed by atoms with Crippen LogP contribution in [0, 0.1) is 0 Å². The normalized spacial score (nSPS) is 18.4. The van der Waals surface area contributed by atoms with Crippen LogP contribution in [0.15, 0.2) is 35.3 Å². The Hall–Kier alpha value is -1.64. The molecule has 1 aromatic carbocycles. The molecule has 0 radical (unpaired) electrons. The average molecular weight is 425 g/mol. The summed E-state index contributed by atoms with van der Waals surface area (Å²) in [5.74, 6) is 0.618. The lowest BCUT2D eigenvalue weighted by atomic mass is 9.99. The molecular formula is C21H36N4O3S. The second-order valence-electron chi connectivity index (χ2n) is 7.52. The van der Waals surface area contributed by atoms with Crippen LogP contribution in [0.1, 0.15) is 38.3 Å². The molecule has 2 N–H and O–H groups in total. The number of sulfone groups is 1. The zero-order valence-electron chi connectivity index (χ0n) is 18.1. The Balaban J connectivity index is 2.06. The minimum Gasteiger partial charge on any atom is -0.381 e. The van der Waals surface area contributed by atoms with Crippen molar-refractivity contribution in [2.45, 2.75) is 37.5 Å². The van der Waals surface area contributed by atoms with E-state index in [0.717, 1.165) is 13.1 Å². The SMILES string of the molecule is CCN(CC)C(CNC(=NC)NCC1(S(C)(=O)=O)CCOCC1)c1ccccc1. The summed E-state index contributed by atoms with van der Waals surface area (Å²) in [7, 11) is -1.51. The summed E-state index contributed by atoms with van der Waals surface area (Å²) in [5, 5.41) is 6.65. The highest BCUT2D eigenvalue weighted by Gasteiger charge is 2.42. The number of likely N-dealkylation sites (N-methyl/N-ethyl adjacent to an activating group) is 1. The lowest BCUT2D eigenvalue weighted by Crippen LogP contribution is -2.54. The number of nitrogens with one attached hydrogen (secondary N) is 2. The minimum atomic E-state index is -3.22. The zero-order chi connectivity index (χ0) is 21.3. The van der Waals surface area contributed by atoms with Crippen molar-refractivity contribution in [1.82, 2.24) is 15.5 Å². The van der Waals surface area contributed by atoms with Crippen molar-refractivity contribution in [2.24, 2.45) is 4.99 Å². The van der Waals surface area contributed by atoms with Gasteiger partial charge in [0.1, 0.15) is 0 Å². The third kappa shape index (κ3) is 6.17. The third-order valence-electron chi connectivity index (χ3n) is 5.89. The molecule has 0 aliphatic carbocycles. The first-order valence-electron chi connectivity index (χ1n) is 10.4. The predicted molar refractivity (Wildman–Crippen MR) is 119 cm³/mol. The van der Waals surface area contributed by atoms with E-state index in [-0.39, 0.29) is 6.04 Å². The first-order chi connectivity index (χ1) is 13.9. The average Bonchev–Trinajstić information content (AvgIpc) is 2.73. The van der Waals surface area contributed by atoms with Gasteiger partial charge in [-0.05, 0) is 31.5 Å². The van der Waals surface area contributed by atoms with E-state index in [2.05, 4.69) is 58.6 Å². The van der Waals surface area contributed by atoms with Gasteiger partial charge in [0.15, 0.2) is 15.8 Å². The molecular weight excluding hydrogens is 388 g/mol. The fourth-order valence-corrected chi connectivity index (χ4v) is 5.12. The number of aliphatic imine (C=N–C) groups is 1. The quantitative estimate of drug-likeness (QED) is 0.465. The van der Waals surface area contributed by atoms with Gasteiger partial charge in [0.05, 0.1) is 10.8 Å². The molecule has 1 saturated heterocycles.